The fraction of sp³-hybridized carbons (Fsp3) is 0.524. The van der Waals surface area contributed by atoms with Gasteiger partial charge in [0.1, 0.15) is 35.4 Å². The molecule has 3 aromatic carbocycles. The van der Waals surface area contributed by atoms with E-state index in [0.29, 0.717) is 13.2 Å². The fourth-order valence-corrected chi connectivity index (χ4v) is 8.45. The van der Waals surface area contributed by atoms with E-state index < -0.39 is 16.6 Å². The molecule has 0 bridgehead atoms. The summed E-state index contributed by atoms with van der Waals surface area (Å²) in [5, 5.41) is 0.176. The van der Waals surface area contributed by atoms with Crippen molar-refractivity contribution in [2.75, 3.05) is 53.0 Å². The highest BCUT2D eigenvalue weighted by Gasteiger charge is 2.41. The zero-order valence-electron chi connectivity index (χ0n) is 32.9. The molecule has 7 nitrogen and oxygen atoms in total. The molecule has 9 heteroatoms. The summed E-state index contributed by atoms with van der Waals surface area (Å²) >= 11 is 0. The molecule has 0 unspecified atom stereocenters. The number of fused-ring (bicyclic) bond motifs is 4. The van der Waals surface area contributed by atoms with Crippen LogP contribution < -0.4 is 23.1 Å². The quantitative estimate of drug-likeness (QED) is 0.203. The molecule has 0 N–H and O–H groups in total. The summed E-state index contributed by atoms with van der Waals surface area (Å²) in [5.41, 5.74) is 5.58. The average Bonchev–Trinajstić information content (AvgIpc) is 3.23. The number of nitrogens with zero attached hydrogens (tertiary/aromatic N) is 2. The Hall–Kier alpha value is -3.25. The van der Waals surface area contributed by atoms with Gasteiger partial charge in [0.05, 0.1) is 6.61 Å². The van der Waals surface area contributed by atoms with E-state index in [1.165, 1.54) is 5.57 Å². The van der Waals surface area contributed by atoms with Crippen molar-refractivity contribution in [2.45, 2.75) is 90.3 Å². The van der Waals surface area contributed by atoms with Gasteiger partial charge in [-0.15, -0.1) is 0 Å². The summed E-state index contributed by atoms with van der Waals surface area (Å²) in [6.07, 6.45) is 0.406. The zero-order valence-corrected chi connectivity index (χ0v) is 34.9. The normalized spacial score (nSPS) is 18.8. The van der Waals surface area contributed by atoms with E-state index >= 15 is 0 Å². The Morgan fingerprint density at radius 2 is 1.33 bits per heavy atom. The van der Waals surface area contributed by atoms with E-state index in [0.717, 1.165) is 90.2 Å². The average molecular weight is 729 g/mol. The van der Waals surface area contributed by atoms with Crippen LogP contribution in [0.25, 0.3) is 11.1 Å². The molecule has 1 atom stereocenters. The van der Waals surface area contributed by atoms with Gasteiger partial charge < -0.3 is 28.0 Å². The van der Waals surface area contributed by atoms with Crippen LogP contribution in [0.1, 0.15) is 70.8 Å². The second-order valence-electron chi connectivity index (χ2n) is 17.6. The largest absolute Gasteiger partial charge is 0.543 e. The second kappa shape index (κ2) is 14.3. The van der Waals surface area contributed by atoms with Gasteiger partial charge >= 0.3 is 0 Å². The Bertz CT molecular complexity index is 1750. The van der Waals surface area contributed by atoms with Gasteiger partial charge in [-0.25, -0.2) is 0 Å². The van der Waals surface area contributed by atoms with E-state index in [9.17, 15) is 0 Å². The van der Waals surface area contributed by atoms with Crippen molar-refractivity contribution in [1.82, 2.24) is 9.80 Å². The third-order valence-electron chi connectivity index (χ3n) is 11.8. The standard InChI is InChI=1S/C42H60N2O5Si2/c1-41(2,3)50(8,9)48-32-16-18-36-37(28-32)46-25-19-35-34-17-15-33(49-51(10,11)42(4,5)6)29-38(34)47-40(39(35)36)30-13-12-14-31(27-30)45-26-24-44-22-20-43(7)21-23-44/h12-18,27-29,40H,19-26H2,1-11H3/t40-/m0/s1. The van der Waals surface area contributed by atoms with Gasteiger partial charge in [0, 0.05) is 73.5 Å². The molecule has 3 heterocycles. The van der Waals surface area contributed by atoms with Gasteiger partial charge in [0.2, 0.25) is 16.6 Å². The summed E-state index contributed by atoms with van der Waals surface area (Å²) in [5.74, 6) is 4.27. The minimum atomic E-state index is -2.05. The first-order valence-electron chi connectivity index (χ1n) is 18.7. The number of rotatable bonds is 9. The lowest BCUT2D eigenvalue weighted by Gasteiger charge is -2.37. The fourth-order valence-electron chi connectivity index (χ4n) is 6.41. The van der Waals surface area contributed by atoms with Crippen molar-refractivity contribution >= 4 is 27.8 Å². The third-order valence-corrected chi connectivity index (χ3v) is 20.5. The summed E-state index contributed by atoms with van der Waals surface area (Å²) in [6, 6.07) is 21.2. The van der Waals surface area contributed by atoms with Gasteiger partial charge in [0.15, 0.2) is 6.10 Å². The summed E-state index contributed by atoms with van der Waals surface area (Å²) in [7, 11) is -1.90. The van der Waals surface area contributed by atoms with Gasteiger partial charge in [0.25, 0.3) is 0 Å². The van der Waals surface area contributed by atoms with Crippen LogP contribution in [0.3, 0.4) is 0 Å². The molecule has 0 radical (unpaired) electrons. The minimum Gasteiger partial charge on any atom is -0.543 e. The van der Waals surface area contributed by atoms with Crippen molar-refractivity contribution in [3.8, 4) is 28.7 Å². The molecule has 6 rings (SSSR count). The van der Waals surface area contributed by atoms with E-state index in [2.05, 4.69) is 145 Å². The smallest absolute Gasteiger partial charge is 0.250 e. The molecule has 0 spiro atoms. The van der Waals surface area contributed by atoms with Crippen molar-refractivity contribution < 1.29 is 23.1 Å². The van der Waals surface area contributed by atoms with E-state index in [-0.39, 0.29) is 16.2 Å². The maximum absolute atomic E-state index is 7.09. The van der Waals surface area contributed by atoms with Crippen LogP contribution in [0, 0.1) is 0 Å². The van der Waals surface area contributed by atoms with E-state index in [4.69, 9.17) is 23.1 Å². The lowest BCUT2D eigenvalue weighted by Crippen LogP contribution is -2.45. The topological polar surface area (TPSA) is 52.6 Å². The van der Waals surface area contributed by atoms with Gasteiger partial charge in [-0.3, -0.25) is 4.90 Å². The number of piperazine rings is 1. The first kappa shape index (κ1) is 37.5. The minimum absolute atomic E-state index is 0.0856. The van der Waals surface area contributed by atoms with Crippen molar-refractivity contribution in [1.29, 1.82) is 0 Å². The first-order chi connectivity index (χ1) is 23.9. The molecule has 3 aliphatic rings. The van der Waals surface area contributed by atoms with Crippen LogP contribution in [0.2, 0.25) is 36.3 Å². The lowest BCUT2D eigenvalue weighted by atomic mass is 9.84. The molecule has 276 valence electrons. The number of ether oxygens (including phenoxy) is 3. The summed E-state index contributed by atoms with van der Waals surface area (Å²) < 4.78 is 33.5. The number of likely N-dealkylation sites (N-methyl/N-ethyl adjacent to an activating group) is 1. The molecule has 0 saturated carbocycles. The Morgan fingerprint density at radius 3 is 1.96 bits per heavy atom. The van der Waals surface area contributed by atoms with Gasteiger partial charge in [-0.1, -0.05) is 53.7 Å². The highest BCUT2D eigenvalue weighted by Crippen LogP contribution is 2.53. The van der Waals surface area contributed by atoms with Crippen molar-refractivity contribution in [2.24, 2.45) is 0 Å². The van der Waals surface area contributed by atoms with Crippen LogP contribution in [0.5, 0.6) is 28.7 Å². The van der Waals surface area contributed by atoms with Crippen molar-refractivity contribution in [3.05, 3.63) is 77.4 Å². The molecule has 1 fully saturated rings. The zero-order chi connectivity index (χ0) is 36.8. The number of hydrogen-bond donors (Lipinski definition) is 0. The first-order valence-corrected chi connectivity index (χ1v) is 24.6. The molecule has 1 saturated heterocycles. The molecular formula is C42H60N2O5Si2. The third kappa shape index (κ3) is 8.22. The summed E-state index contributed by atoms with van der Waals surface area (Å²) in [6.45, 7) is 29.3. The molecule has 0 amide bonds. The lowest BCUT2D eigenvalue weighted by molar-refractivity contribution is 0.133. The van der Waals surface area contributed by atoms with Crippen LogP contribution >= 0.6 is 0 Å². The van der Waals surface area contributed by atoms with Gasteiger partial charge in [-0.2, -0.15) is 0 Å². The van der Waals surface area contributed by atoms with Crippen LogP contribution in [0.4, 0.5) is 0 Å². The second-order valence-corrected chi connectivity index (χ2v) is 27.0. The molecular weight excluding hydrogens is 669 g/mol. The molecule has 0 aliphatic carbocycles. The molecule has 3 aliphatic heterocycles. The van der Waals surface area contributed by atoms with E-state index in [1.54, 1.807) is 0 Å². The highest BCUT2D eigenvalue weighted by atomic mass is 28.4. The Labute approximate surface area is 309 Å². The molecule has 3 aromatic rings. The number of hydrogen-bond acceptors (Lipinski definition) is 7. The van der Waals surface area contributed by atoms with Crippen LogP contribution in [-0.4, -0.2) is 79.4 Å². The predicted molar refractivity (Wildman–Crippen MR) is 215 cm³/mol. The monoisotopic (exact) mass is 728 g/mol. The Morgan fingerprint density at radius 1 is 0.725 bits per heavy atom. The molecule has 51 heavy (non-hydrogen) atoms. The summed E-state index contributed by atoms with van der Waals surface area (Å²) in [4.78, 5) is 4.87. The maximum Gasteiger partial charge on any atom is 0.250 e. The van der Waals surface area contributed by atoms with Crippen molar-refractivity contribution in [3.63, 3.8) is 0 Å². The Balaban J connectivity index is 1.37. The maximum atomic E-state index is 7.09. The molecule has 0 aromatic heterocycles. The van der Waals surface area contributed by atoms with Crippen LogP contribution in [0.15, 0.2) is 60.7 Å². The van der Waals surface area contributed by atoms with E-state index in [1.807, 2.05) is 0 Å². The number of benzene rings is 3. The predicted octanol–water partition coefficient (Wildman–Crippen LogP) is 9.91. The SMILES string of the molecule is CN1CCN(CCOc2cccc([C@@H]3Oc4cc(O[Si](C)(C)C(C)(C)C)ccc4C4=C3c3ccc(O[Si](C)(C)C(C)(C)C)cc3OCC4)c2)CC1. The van der Waals surface area contributed by atoms with Crippen LogP contribution in [-0.2, 0) is 0 Å². The Kier molecular flexibility index (Phi) is 10.5. The highest BCUT2D eigenvalue weighted by molar-refractivity contribution is 6.75. The van der Waals surface area contributed by atoms with Gasteiger partial charge in [-0.05, 0) is 85.3 Å².